The molecule has 0 spiro atoms. The van der Waals surface area contributed by atoms with Gasteiger partial charge in [-0.05, 0) is 65.1 Å². The summed E-state index contributed by atoms with van der Waals surface area (Å²) in [4.78, 5) is 29.6. The first-order valence-corrected chi connectivity index (χ1v) is 10.1. The van der Waals surface area contributed by atoms with Crippen molar-refractivity contribution in [1.29, 1.82) is 0 Å². The fraction of sp³-hybridized carbons (Fsp3) is 0.227. The molecule has 0 unspecified atom stereocenters. The van der Waals surface area contributed by atoms with E-state index in [1.165, 1.54) is 4.68 Å². The molecule has 0 aliphatic rings. The van der Waals surface area contributed by atoms with Gasteiger partial charge in [0, 0.05) is 24.0 Å². The van der Waals surface area contributed by atoms with Crippen molar-refractivity contribution in [3.05, 3.63) is 80.9 Å². The highest BCUT2D eigenvalue weighted by molar-refractivity contribution is 5.78. The molecule has 4 N–H and O–H groups in total. The first-order valence-electron chi connectivity index (χ1n) is 10.1. The molecule has 3 aromatic heterocycles. The molecule has 0 atom stereocenters. The summed E-state index contributed by atoms with van der Waals surface area (Å²) in [6, 6.07) is 10.8. The fourth-order valence-electron chi connectivity index (χ4n) is 3.34. The quantitative estimate of drug-likeness (QED) is 0.399. The topological polar surface area (TPSA) is 141 Å². The number of carbonyl (C=O) groups excluding carboxylic acids is 1. The molecule has 0 aliphatic carbocycles. The summed E-state index contributed by atoms with van der Waals surface area (Å²) in [5, 5.41) is 10.4. The minimum absolute atomic E-state index is 0.0226. The summed E-state index contributed by atoms with van der Waals surface area (Å²) >= 11 is 0. The van der Waals surface area contributed by atoms with E-state index < -0.39 is 0 Å². The Labute approximate surface area is 183 Å². The average Bonchev–Trinajstić information content (AvgIpc) is 3.23. The van der Waals surface area contributed by atoms with Gasteiger partial charge in [-0.25, -0.2) is 14.3 Å². The van der Waals surface area contributed by atoms with E-state index >= 15 is 0 Å². The number of aromatic nitrogens is 4. The van der Waals surface area contributed by atoms with E-state index in [1.807, 2.05) is 32.0 Å². The molecule has 0 fully saturated rings. The number of nitrogens with zero attached hydrogens (tertiary/aromatic N) is 4. The van der Waals surface area contributed by atoms with Gasteiger partial charge in [0.15, 0.2) is 0 Å². The Bertz CT molecular complexity index is 1340. The van der Waals surface area contributed by atoms with E-state index in [9.17, 15) is 9.59 Å². The Morgan fingerprint density at radius 2 is 1.91 bits per heavy atom. The summed E-state index contributed by atoms with van der Waals surface area (Å²) in [5.41, 5.74) is 13.5. The number of hydrogen-bond acceptors (Lipinski definition) is 8. The lowest BCUT2D eigenvalue weighted by molar-refractivity contribution is -0.120. The van der Waals surface area contributed by atoms with Crippen molar-refractivity contribution >= 4 is 22.8 Å². The molecule has 4 aromatic rings. The number of rotatable bonds is 7. The molecule has 164 valence electrons. The zero-order valence-corrected chi connectivity index (χ0v) is 17.8. The largest absolute Gasteiger partial charge is 0.384 e. The maximum atomic E-state index is 12.9. The van der Waals surface area contributed by atoms with Crippen molar-refractivity contribution < 1.29 is 9.42 Å². The number of aryl methyl sites for hydroxylation is 2. The highest BCUT2D eigenvalue weighted by Gasteiger charge is 2.13. The Hall–Kier alpha value is -4.21. The zero-order chi connectivity index (χ0) is 22.7. The number of nitrogens with one attached hydrogen (secondary N) is 2. The van der Waals surface area contributed by atoms with Crippen molar-refractivity contribution in [3.8, 4) is 0 Å². The van der Waals surface area contributed by atoms with Crippen LogP contribution in [0.2, 0.25) is 0 Å². The number of pyridine rings is 2. The van der Waals surface area contributed by atoms with E-state index in [0.717, 1.165) is 22.4 Å². The maximum absolute atomic E-state index is 12.9. The third-order valence-electron chi connectivity index (χ3n) is 5.23. The predicted octanol–water partition coefficient (Wildman–Crippen LogP) is 1.58. The van der Waals surface area contributed by atoms with Gasteiger partial charge in [-0.2, -0.15) is 0 Å². The van der Waals surface area contributed by atoms with Gasteiger partial charge in [0.2, 0.25) is 5.91 Å². The van der Waals surface area contributed by atoms with Crippen molar-refractivity contribution in [1.82, 2.24) is 25.3 Å². The van der Waals surface area contributed by atoms with Gasteiger partial charge in [-0.3, -0.25) is 9.59 Å². The minimum Gasteiger partial charge on any atom is -0.384 e. The highest BCUT2D eigenvalue weighted by Crippen LogP contribution is 2.12. The summed E-state index contributed by atoms with van der Waals surface area (Å²) in [6.07, 6.45) is 1.63. The van der Waals surface area contributed by atoms with Crippen LogP contribution in [0.5, 0.6) is 0 Å². The van der Waals surface area contributed by atoms with Gasteiger partial charge in [0.25, 0.3) is 5.56 Å². The van der Waals surface area contributed by atoms with Crippen LogP contribution in [-0.4, -0.2) is 25.9 Å². The third kappa shape index (κ3) is 4.59. The first kappa shape index (κ1) is 21.0. The van der Waals surface area contributed by atoms with Crippen LogP contribution >= 0.6 is 0 Å². The summed E-state index contributed by atoms with van der Waals surface area (Å²) in [7, 11) is 0. The van der Waals surface area contributed by atoms with Crippen LogP contribution in [-0.2, 0) is 24.3 Å². The Morgan fingerprint density at radius 3 is 2.72 bits per heavy atom. The average molecular weight is 433 g/mol. The number of carbonyl (C=O) groups is 1. The van der Waals surface area contributed by atoms with E-state index in [2.05, 4.69) is 26.0 Å². The first-order chi connectivity index (χ1) is 15.4. The second-order valence-electron chi connectivity index (χ2n) is 7.51. The summed E-state index contributed by atoms with van der Waals surface area (Å²) in [5.74, 6) is 0.186. The Kier molecular flexibility index (Phi) is 5.84. The normalized spacial score (nSPS) is 10.9. The van der Waals surface area contributed by atoms with Crippen molar-refractivity contribution in [2.75, 3.05) is 11.2 Å². The number of fused-ring (bicyclic) bond motifs is 1. The van der Waals surface area contributed by atoms with Gasteiger partial charge < -0.3 is 16.5 Å². The molecule has 0 saturated heterocycles. The number of benzene rings is 1. The summed E-state index contributed by atoms with van der Waals surface area (Å²) < 4.78 is 6.09. The standard InChI is InChI=1S/C22H23N7O3/c1-13-7-8-29(25-11-15-3-5-18-19(9-15)28-32-27-18)22(31)17(13)10-21(30)24-12-16-4-6-20(23)26-14(16)2/h3-9,25H,10-12H2,1-2H3,(H2,23,26)(H,24,30). The second kappa shape index (κ2) is 8.88. The zero-order valence-electron chi connectivity index (χ0n) is 17.8. The van der Waals surface area contributed by atoms with Crippen molar-refractivity contribution in [2.24, 2.45) is 0 Å². The van der Waals surface area contributed by atoms with Crippen LogP contribution in [0, 0.1) is 13.8 Å². The van der Waals surface area contributed by atoms with Crippen LogP contribution in [0.4, 0.5) is 5.82 Å². The van der Waals surface area contributed by atoms with Gasteiger partial charge in [-0.15, -0.1) is 0 Å². The van der Waals surface area contributed by atoms with Crippen LogP contribution in [0.25, 0.3) is 11.0 Å². The Morgan fingerprint density at radius 1 is 1.09 bits per heavy atom. The van der Waals surface area contributed by atoms with Crippen molar-refractivity contribution in [3.63, 3.8) is 0 Å². The number of amides is 1. The minimum atomic E-state index is -0.269. The third-order valence-corrected chi connectivity index (χ3v) is 5.23. The molecule has 10 heteroatoms. The molecular weight excluding hydrogens is 410 g/mol. The lowest BCUT2D eigenvalue weighted by Crippen LogP contribution is -2.34. The van der Waals surface area contributed by atoms with Crippen LogP contribution in [0.3, 0.4) is 0 Å². The molecule has 0 aliphatic heterocycles. The van der Waals surface area contributed by atoms with Crippen LogP contribution < -0.4 is 22.0 Å². The van der Waals surface area contributed by atoms with Gasteiger partial charge in [-0.1, -0.05) is 12.1 Å². The van der Waals surface area contributed by atoms with E-state index in [0.29, 0.717) is 35.5 Å². The molecule has 1 amide bonds. The molecule has 10 nitrogen and oxygen atoms in total. The molecule has 1 aromatic carbocycles. The lowest BCUT2D eigenvalue weighted by atomic mass is 10.1. The fourth-order valence-corrected chi connectivity index (χ4v) is 3.34. The smallest absolute Gasteiger partial charge is 0.272 e. The lowest BCUT2D eigenvalue weighted by Gasteiger charge is -2.13. The SMILES string of the molecule is Cc1ccn(NCc2ccc3nonc3c2)c(=O)c1CC(=O)NCc1ccc(N)nc1C. The van der Waals surface area contributed by atoms with Gasteiger partial charge in [0.05, 0.1) is 13.0 Å². The monoisotopic (exact) mass is 433 g/mol. The molecule has 0 radical (unpaired) electrons. The molecular formula is C22H23N7O3. The molecule has 32 heavy (non-hydrogen) atoms. The Balaban J connectivity index is 1.42. The number of nitrogens with two attached hydrogens (primary N) is 1. The molecule has 4 rings (SSSR count). The maximum Gasteiger partial charge on any atom is 0.272 e. The van der Waals surface area contributed by atoms with E-state index in [4.69, 9.17) is 10.4 Å². The van der Waals surface area contributed by atoms with Gasteiger partial charge in [0.1, 0.15) is 16.9 Å². The summed E-state index contributed by atoms with van der Waals surface area (Å²) in [6.45, 7) is 4.35. The van der Waals surface area contributed by atoms with Crippen LogP contribution in [0.15, 0.2) is 52.0 Å². The highest BCUT2D eigenvalue weighted by atomic mass is 16.6. The number of hydrogen-bond donors (Lipinski definition) is 3. The molecule has 3 heterocycles. The molecule has 0 saturated carbocycles. The van der Waals surface area contributed by atoms with E-state index in [-0.39, 0.29) is 17.9 Å². The number of anilines is 1. The second-order valence-corrected chi connectivity index (χ2v) is 7.51. The predicted molar refractivity (Wildman–Crippen MR) is 119 cm³/mol. The molecule has 0 bridgehead atoms. The van der Waals surface area contributed by atoms with Gasteiger partial charge >= 0.3 is 0 Å². The van der Waals surface area contributed by atoms with Crippen LogP contribution in [0.1, 0.15) is 27.9 Å². The van der Waals surface area contributed by atoms with E-state index in [1.54, 1.807) is 24.4 Å². The van der Waals surface area contributed by atoms with Crippen molar-refractivity contribution in [2.45, 2.75) is 33.4 Å². The number of nitrogen functional groups attached to an aromatic ring is 1.